The van der Waals surface area contributed by atoms with E-state index in [-0.39, 0.29) is 23.5 Å². The van der Waals surface area contributed by atoms with E-state index in [4.69, 9.17) is 5.73 Å². The first-order valence-electron chi connectivity index (χ1n) is 11.0. The molecule has 1 aliphatic rings. The molecule has 4 rings (SSSR count). The Morgan fingerprint density at radius 1 is 1.27 bits per heavy atom. The molecule has 172 valence electrons. The van der Waals surface area contributed by atoms with E-state index in [0.717, 1.165) is 29.2 Å². The van der Waals surface area contributed by atoms with Gasteiger partial charge in [0.15, 0.2) is 11.6 Å². The molecule has 3 heterocycles. The smallest absolute Gasteiger partial charge is 0.166 e. The summed E-state index contributed by atoms with van der Waals surface area (Å²) < 4.78 is 15.0. The van der Waals surface area contributed by atoms with Gasteiger partial charge in [0.25, 0.3) is 0 Å². The van der Waals surface area contributed by atoms with Gasteiger partial charge in [-0.3, -0.25) is 5.01 Å². The fraction of sp³-hybridized carbons (Fsp3) is 0.280. The molecule has 0 saturated heterocycles. The molecular formula is C25H29FN6S. The Labute approximate surface area is 198 Å². The fourth-order valence-corrected chi connectivity index (χ4v) is 4.71. The van der Waals surface area contributed by atoms with Crippen LogP contribution in [0, 0.1) is 11.7 Å². The topological polar surface area (TPSA) is 78.6 Å². The summed E-state index contributed by atoms with van der Waals surface area (Å²) in [5.74, 6) is 0.394. The Hall–Kier alpha value is -3.39. The first-order valence-corrected chi connectivity index (χ1v) is 11.9. The lowest BCUT2D eigenvalue weighted by Gasteiger charge is -2.24. The van der Waals surface area contributed by atoms with Crippen LogP contribution in [-0.4, -0.2) is 22.8 Å². The molecule has 2 aromatic heterocycles. The van der Waals surface area contributed by atoms with Crippen molar-refractivity contribution in [1.29, 1.82) is 0 Å². The monoisotopic (exact) mass is 464 g/mol. The Balaban J connectivity index is 1.66. The highest BCUT2D eigenvalue weighted by molar-refractivity contribution is 7.10. The molecule has 1 aromatic carbocycles. The van der Waals surface area contributed by atoms with E-state index in [2.05, 4.69) is 54.1 Å². The third kappa shape index (κ3) is 5.01. The molecule has 0 aliphatic carbocycles. The summed E-state index contributed by atoms with van der Waals surface area (Å²) in [5, 5.41) is 15.1. The van der Waals surface area contributed by atoms with Crippen LogP contribution in [-0.2, 0) is 6.54 Å². The molecule has 1 atom stereocenters. The zero-order valence-electron chi connectivity index (χ0n) is 19.1. The Bertz CT molecular complexity index is 1170. The maximum absolute atomic E-state index is 15.0. The van der Waals surface area contributed by atoms with Crippen LogP contribution >= 0.6 is 11.3 Å². The molecule has 0 amide bonds. The molecule has 0 spiro atoms. The van der Waals surface area contributed by atoms with Crippen molar-refractivity contribution in [3.05, 3.63) is 75.7 Å². The second kappa shape index (κ2) is 9.62. The fourth-order valence-electron chi connectivity index (χ4n) is 3.76. The first kappa shape index (κ1) is 22.8. The van der Waals surface area contributed by atoms with Crippen molar-refractivity contribution in [2.45, 2.75) is 33.4 Å². The number of hydrogen-bond donors (Lipinski definition) is 3. The van der Waals surface area contributed by atoms with Crippen LogP contribution in [0.4, 0.5) is 21.7 Å². The zero-order chi connectivity index (χ0) is 23.5. The van der Waals surface area contributed by atoms with Crippen LogP contribution in [0.1, 0.15) is 48.4 Å². The van der Waals surface area contributed by atoms with Gasteiger partial charge in [0.1, 0.15) is 5.82 Å². The predicted molar refractivity (Wildman–Crippen MR) is 136 cm³/mol. The van der Waals surface area contributed by atoms with E-state index in [1.54, 1.807) is 11.3 Å². The van der Waals surface area contributed by atoms with E-state index in [1.165, 1.54) is 11.6 Å². The highest BCUT2D eigenvalue weighted by atomic mass is 32.1. The van der Waals surface area contributed by atoms with Crippen LogP contribution in [0.5, 0.6) is 0 Å². The number of thiophene rings is 1. The van der Waals surface area contributed by atoms with Crippen LogP contribution in [0.2, 0.25) is 0 Å². The average Bonchev–Trinajstić information content (AvgIpc) is 3.32. The standard InChI is InChI=1S/C25H29FN6S/c1-5-32-14-17-8-9-19(11-18(17)13-28-32)29-24-20(16(4)27)12-21(26)25(31-24)30-23(15(2)3)22-7-6-10-33-22/h6-13,15,23H,4-5,14,27H2,1-3H3,(H2,29,30,31). The molecule has 33 heavy (non-hydrogen) atoms. The molecule has 4 N–H and O–H groups in total. The van der Waals surface area contributed by atoms with E-state index in [1.807, 2.05) is 40.9 Å². The molecule has 0 saturated carbocycles. The van der Waals surface area contributed by atoms with Crippen molar-refractivity contribution in [2.75, 3.05) is 17.2 Å². The number of nitrogens with one attached hydrogen (secondary N) is 2. The maximum Gasteiger partial charge on any atom is 0.166 e. The van der Waals surface area contributed by atoms with Gasteiger partial charge in [-0.25, -0.2) is 9.37 Å². The summed E-state index contributed by atoms with van der Waals surface area (Å²) in [6.07, 6.45) is 1.86. The number of hydrazone groups is 1. The number of halogens is 1. The number of pyridine rings is 1. The van der Waals surface area contributed by atoms with E-state index >= 15 is 4.39 Å². The van der Waals surface area contributed by atoms with Crippen LogP contribution in [0.3, 0.4) is 0 Å². The van der Waals surface area contributed by atoms with Crippen molar-refractivity contribution >= 4 is 40.6 Å². The van der Waals surface area contributed by atoms with Crippen molar-refractivity contribution in [1.82, 2.24) is 9.99 Å². The molecule has 8 heteroatoms. The summed E-state index contributed by atoms with van der Waals surface area (Å²) in [7, 11) is 0. The molecule has 3 aromatic rings. The second-order valence-corrected chi connectivity index (χ2v) is 9.36. The predicted octanol–water partition coefficient (Wildman–Crippen LogP) is 5.93. The summed E-state index contributed by atoms with van der Waals surface area (Å²) in [4.78, 5) is 5.71. The Morgan fingerprint density at radius 2 is 2.09 bits per heavy atom. The molecule has 0 bridgehead atoms. The van der Waals surface area contributed by atoms with Gasteiger partial charge < -0.3 is 16.4 Å². The summed E-state index contributed by atoms with van der Waals surface area (Å²) in [6, 6.07) is 11.4. The quantitative estimate of drug-likeness (QED) is 0.385. The largest absolute Gasteiger partial charge is 0.399 e. The van der Waals surface area contributed by atoms with E-state index in [9.17, 15) is 0 Å². The molecule has 1 unspecified atom stereocenters. The van der Waals surface area contributed by atoms with Gasteiger partial charge in [-0.05, 0) is 48.1 Å². The number of benzene rings is 1. The summed E-state index contributed by atoms with van der Waals surface area (Å²) >= 11 is 1.64. The molecule has 0 fully saturated rings. The minimum atomic E-state index is -0.471. The lowest BCUT2D eigenvalue weighted by molar-refractivity contribution is 0.293. The lowest BCUT2D eigenvalue weighted by Crippen LogP contribution is -2.21. The molecule has 0 radical (unpaired) electrons. The van der Waals surface area contributed by atoms with Crippen molar-refractivity contribution in [3.63, 3.8) is 0 Å². The van der Waals surface area contributed by atoms with Crippen molar-refractivity contribution < 1.29 is 4.39 Å². The molecule has 1 aliphatic heterocycles. The number of nitrogens with two attached hydrogens (primary N) is 1. The number of anilines is 3. The van der Waals surface area contributed by atoms with Crippen LogP contribution < -0.4 is 16.4 Å². The summed E-state index contributed by atoms with van der Waals surface area (Å²) in [6.45, 7) is 11.7. The highest BCUT2D eigenvalue weighted by Gasteiger charge is 2.21. The first-order chi connectivity index (χ1) is 15.9. The van der Waals surface area contributed by atoms with Gasteiger partial charge in [-0.2, -0.15) is 5.10 Å². The second-order valence-electron chi connectivity index (χ2n) is 8.39. The van der Waals surface area contributed by atoms with Crippen molar-refractivity contribution in [2.24, 2.45) is 16.8 Å². The number of rotatable bonds is 8. The zero-order valence-corrected chi connectivity index (χ0v) is 19.9. The minimum Gasteiger partial charge on any atom is -0.399 e. The number of hydrogen-bond acceptors (Lipinski definition) is 7. The number of aromatic nitrogens is 1. The van der Waals surface area contributed by atoms with E-state index in [0.29, 0.717) is 11.4 Å². The number of fused-ring (bicyclic) bond motifs is 1. The summed E-state index contributed by atoms with van der Waals surface area (Å²) in [5.41, 5.74) is 9.69. The van der Waals surface area contributed by atoms with Crippen molar-refractivity contribution in [3.8, 4) is 0 Å². The van der Waals surface area contributed by atoms with E-state index < -0.39 is 5.82 Å². The normalized spacial score (nSPS) is 13.7. The van der Waals surface area contributed by atoms with Crippen LogP contribution in [0.15, 0.2) is 53.5 Å². The molecule has 6 nitrogen and oxygen atoms in total. The number of nitrogens with zero attached hydrogens (tertiary/aromatic N) is 3. The maximum atomic E-state index is 15.0. The lowest BCUT2D eigenvalue weighted by atomic mass is 10.0. The van der Waals surface area contributed by atoms with Gasteiger partial charge >= 0.3 is 0 Å². The minimum absolute atomic E-state index is 0.0618. The third-order valence-electron chi connectivity index (χ3n) is 5.62. The SMILES string of the molecule is C=C(N)c1cc(F)c(NC(c2cccs2)C(C)C)nc1Nc1ccc2c(c1)C=NN(CC)C2. The average molecular weight is 465 g/mol. The third-order valence-corrected chi connectivity index (χ3v) is 6.57. The van der Waals surface area contributed by atoms with Crippen LogP contribution in [0.25, 0.3) is 5.70 Å². The molecular weight excluding hydrogens is 435 g/mol. The highest BCUT2D eigenvalue weighted by Crippen LogP contribution is 2.33. The Kier molecular flexibility index (Phi) is 6.65. The van der Waals surface area contributed by atoms with Gasteiger partial charge in [-0.15, -0.1) is 11.3 Å². The van der Waals surface area contributed by atoms with Gasteiger partial charge in [0, 0.05) is 33.9 Å². The van der Waals surface area contributed by atoms with Gasteiger partial charge in [-0.1, -0.05) is 32.6 Å². The van der Waals surface area contributed by atoms with Gasteiger partial charge in [0.2, 0.25) is 0 Å². The Morgan fingerprint density at radius 3 is 2.76 bits per heavy atom. The van der Waals surface area contributed by atoms with Gasteiger partial charge in [0.05, 0.1) is 18.8 Å².